The summed E-state index contributed by atoms with van der Waals surface area (Å²) in [6.07, 6.45) is 2.25. The minimum Gasteiger partial charge on any atom is -0.493 e. The number of ether oxygens (including phenoxy) is 4. The van der Waals surface area contributed by atoms with Gasteiger partial charge in [0.1, 0.15) is 11.6 Å². The van der Waals surface area contributed by atoms with Gasteiger partial charge in [0, 0.05) is 6.42 Å². The number of hydrogen-bond donors (Lipinski definition) is 0. The number of carbonyl (C=O) groups excluding carboxylic acids is 1. The van der Waals surface area contributed by atoms with E-state index in [1.807, 2.05) is 42.5 Å². The lowest BCUT2D eigenvalue weighted by Crippen LogP contribution is -2.07. The Morgan fingerprint density at radius 2 is 1.70 bits per heavy atom. The molecule has 0 unspecified atom stereocenters. The van der Waals surface area contributed by atoms with Gasteiger partial charge in [0.2, 0.25) is 5.90 Å². The van der Waals surface area contributed by atoms with Gasteiger partial charge in [-0.2, -0.15) is 0 Å². The van der Waals surface area contributed by atoms with Crippen LogP contribution in [-0.2, 0) is 9.53 Å². The molecule has 1 aliphatic heterocycles. The lowest BCUT2D eigenvalue weighted by Gasteiger charge is -2.11. The summed E-state index contributed by atoms with van der Waals surface area (Å²) in [5.41, 5.74) is 0.945. The van der Waals surface area contributed by atoms with Crippen molar-refractivity contribution in [3.63, 3.8) is 0 Å². The van der Waals surface area contributed by atoms with E-state index < -0.39 is 11.8 Å². The fourth-order valence-corrected chi connectivity index (χ4v) is 3.18. The Morgan fingerprint density at radius 1 is 0.939 bits per heavy atom. The molecule has 0 spiro atoms. The molecule has 1 aliphatic rings. The number of nitrogens with zero attached hydrogens (tertiary/aromatic N) is 1. The Bertz CT molecular complexity index is 1200. The first-order valence-corrected chi connectivity index (χ1v) is 10.4. The zero-order valence-corrected chi connectivity index (χ0v) is 18.0. The largest absolute Gasteiger partial charge is 0.493 e. The van der Waals surface area contributed by atoms with Crippen molar-refractivity contribution < 1.29 is 28.1 Å². The summed E-state index contributed by atoms with van der Waals surface area (Å²) in [5.74, 6) is 0.833. The third kappa shape index (κ3) is 5.57. The molecule has 0 atom stereocenters. The zero-order chi connectivity index (χ0) is 23.0. The number of benzene rings is 3. The first kappa shape index (κ1) is 22.1. The van der Waals surface area contributed by atoms with Crippen LogP contribution in [-0.4, -0.2) is 32.2 Å². The van der Waals surface area contributed by atoms with E-state index in [-0.39, 0.29) is 17.2 Å². The summed E-state index contributed by atoms with van der Waals surface area (Å²) in [5, 5.41) is 0. The van der Waals surface area contributed by atoms with Crippen LogP contribution in [0.25, 0.3) is 6.08 Å². The van der Waals surface area contributed by atoms with E-state index in [1.165, 1.54) is 12.1 Å². The molecule has 1 heterocycles. The van der Waals surface area contributed by atoms with Gasteiger partial charge in [0.05, 0.1) is 25.9 Å². The highest BCUT2D eigenvalue weighted by Gasteiger charge is 2.25. The Morgan fingerprint density at radius 3 is 2.52 bits per heavy atom. The number of cyclic esters (lactones) is 1. The SMILES string of the molecule is COc1ccccc1OCCCOc1cccc(/C=C2/N=C(c3ccccc3F)OC2=O)c1. The van der Waals surface area contributed by atoms with E-state index in [0.29, 0.717) is 42.4 Å². The number of halogens is 1. The maximum atomic E-state index is 14.0. The van der Waals surface area contributed by atoms with Crippen molar-refractivity contribution in [3.8, 4) is 17.2 Å². The molecule has 0 saturated heterocycles. The van der Waals surface area contributed by atoms with Crippen LogP contribution in [0.15, 0.2) is 83.5 Å². The Labute approximate surface area is 190 Å². The molecule has 0 amide bonds. The summed E-state index contributed by atoms with van der Waals surface area (Å²) >= 11 is 0. The lowest BCUT2D eigenvalue weighted by molar-refractivity contribution is -0.129. The van der Waals surface area contributed by atoms with Crippen LogP contribution >= 0.6 is 0 Å². The van der Waals surface area contributed by atoms with E-state index in [2.05, 4.69) is 4.99 Å². The Balaban J connectivity index is 1.34. The Hall–Kier alpha value is -4.13. The molecule has 0 N–H and O–H groups in total. The molecule has 0 aliphatic carbocycles. The monoisotopic (exact) mass is 447 g/mol. The quantitative estimate of drug-likeness (QED) is 0.262. The highest BCUT2D eigenvalue weighted by molar-refractivity contribution is 6.12. The average molecular weight is 447 g/mol. The summed E-state index contributed by atoms with van der Waals surface area (Å²) in [6.45, 7) is 0.927. The van der Waals surface area contributed by atoms with Gasteiger partial charge < -0.3 is 18.9 Å². The third-order valence-electron chi connectivity index (χ3n) is 4.77. The highest BCUT2D eigenvalue weighted by Crippen LogP contribution is 2.26. The second-order valence-electron chi connectivity index (χ2n) is 7.09. The fraction of sp³-hybridized carbons (Fsp3) is 0.154. The second kappa shape index (κ2) is 10.5. The number of esters is 1. The molecule has 0 radical (unpaired) electrons. The van der Waals surface area contributed by atoms with Crippen molar-refractivity contribution in [2.45, 2.75) is 6.42 Å². The molecule has 0 saturated carbocycles. The molecule has 0 bridgehead atoms. The predicted molar refractivity (Wildman–Crippen MR) is 122 cm³/mol. The molecule has 7 heteroatoms. The van der Waals surface area contributed by atoms with E-state index in [4.69, 9.17) is 18.9 Å². The second-order valence-corrected chi connectivity index (χ2v) is 7.09. The number of para-hydroxylation sites is 2. The number of aliphatic imine (C=N–C) groups is 1. The molecule has 0 aromatic heterocycles. The van der Waals surface area contributed by atoms with Crippen LogP contribution in [0.3, 0.4) is 0 Å². The van der Waals surface area contributed by atoms with Crippen molar-refractivity contribution in [2.75, 3.05) is 20.3 Å². The van der Waals surface area contributed by atoms with E-state index in [0.717, 1.165) is 0 Å². The first-order valence-electron chi connectivity index (χ1n) is 10.4. The minimum atomic E-state index is -0.631. The van der Waals surface area contributed by atoms with E-state index in [9.17, 15) is 9.18 Å². The summed E-state index contributed by atoms with van der Waals surface area (Å²) in [7, 11) is 1.60. The minimum absolute atomic E-state index is 0.0493. The van der Waals surface area contributed by atoms with Crippen LogP contribution in [0, 0.1) is 5.82 Å². The van der Waals surface area contributed by atoms with E-state index >= 15 is 0 Å². The van der Waals surface area contributed by atoms with Gasteiger partial charge in [0.25, 0.3) is 0 Å². The molecule has 3 aromatic carbocycles. The van der Waals surface area contributed by atoms with Crippen molar-refractivity contribution in [3.05, 3.63) is 95.4 Å². The number of methoxy groups -OCH3 is 1. The van der Waals surface area contributed by atoms with Crippen LogP contribution in [0.1, 0.15) is 17.5 Å². The summed E-state index contributed by atoms with van der Waals surface area (Å²) < 4.78 is 35.9. The maximum Gasteiger partial charge on any atom is 0.363 e. The van der Waals surface area contributed by atoms with Crippen molar-refractivity contribution in [1.29, 1.82) is 0 Å². The van der Waals surface area contributed by atoms with Gasteiger partial charge in [-0.15, -0.1) is 0 Å². The fourth-order valence-electron chi connectivity index (χ4n) is 3.18. The van der Waals surface area contributed by atoms with Crippen molar-refractivity contribution in [2.24, 2.45) is 4.99 Å². The highest BCUT2D eigenvalue weighted by atomic mass is 19.1. The number of hydrogen-bond acceptors (Lipinski definition) is 6. The molecule has 4 rings (SSSR count). The van der Waals surface area contributed by atoms with Crippen LogP contribution in [0.4, 0.5) is 4.39 Å². The molecule has 6 nitrogen and oxygen atoms in total. The van der Waals surface area contributed by atoms with Crippen LogP contribution in [0.2, 0.25) is 0 Å². The maximum absolute atomic E-state index is 14.0. The van der Waals surface area contributed by atoms with E-state index in [1.54, 1.807) is 31.4 Å². The zero-order valence-electron chi connectivity index (χ0n) is 18.0. The first-order chi connectivity index (χ1) is 16.1. The van der Waals surface area contributed by atoms with Gasteiger partial charge in [-0.3, -0.25) is 0 Å². The number of rotatable bonds is 9. The number of carbonyl (C=O) groups is 1. The van der Waals surface area contributed by atoms with Gasteiger partial charge in [0.15, 0.2) is 17.2 Å². The normalized spacial score (nSPS) is 14.1. The van der Waals surface area contributed by atoms with Gasteiger partial charge in [-0.25, -0.2) is 14.2 Å². The molecule has 0 fully saturated rings. The average Bonchev–Trinajstić information content (AvgIpc) is 3.19. The van der Waals surface area contributed by atoms with Crippen LogP contribution < -0.4 is 14.2 Å². The Kier molecular flexibility index (Phi) is 6.99. The van der Waals surface area contributed by atoms with Crippen molar-refractivity contribution in [1.82, 2.24) is 0 Å². The standard InChI is InChI=1S/C26H22FNO5/c1-30-23-12-4-5-13-24(23)32-15-7-14-31-19-9-6-8-18(16-19)17-22-26(29)33-25(28-22)20-10-2-3-11-21(20)27/h2-6,8-13,16-17H,7,14-15H2,1H3/b22-17+. The summed E-state index contributed by atoms with van der Waals surface area (Å²) in [4.78, 5) is 16.3. The van der Waals surface area contributed by atoms with Gasteiger partial charge >= 0.3 is 5.97 Å². The van der Waals surface area contributed by atoms with Gasteiger partial charge in [-0.1, -0.05) is 36.4 Å². The molecule has 33 heavy (non-hydrogen) atoms. The third-order valence-corrected chi connectivity index (χ3v) is 4.77. The molecular formula is C26H22FNO5. The summed E-state index contributed by atoms with van der Waals surface area (Å²) in [6, 6.07) is 20.7. The van der Waals surface area contributed by atoms with Crippen LogP contribution in [0.5, 0.6) is 17.2 Å². The van der Waals surface area contributed by atoms with Gasteiger partial charge in [-0.05, 0) is 48.0 Å². The molecule has 168 valence electrons. The smallest absolute Gasteiger partial charge is 0.363 e. The lowest BCUT2D eigenvalue weighted by atomic mass is 10.2. The van der Waals surface area contributed by atoms with Crippen molar-refractivity contribution >= 4 is 17.9 Å². The topological polar surface area (TPSA) is 66.3 Å². The predicted octanol–water partition coefficient (Wildman–Crippen LogP) is 5.03. The molecular weight excluding hydrogens is 425 g/mol. The molecule has 3 aromatic rings.